The third-order valence-corrected chi connectivity index (χ3v) is 15.4. The molecule has 12 aromatic carbocycles. The van der Waals surface area contributed by atoms with Crippen molar-refractivity contribution in [1.82, 2.24) is 0 Å². The fraction of sp³-hybridized carbons (Fsp3) is 0. The maximum Gasteiger partial charge on any atom is 0.159 e. The molecule has 0 bridgehead atoms. The van der Waals surface area contributed by atoms with Gasteiger partial charge in [0.05, 0.1) is 17.1 Å². The number of fused-ring (bicyclic) bond motifs is 11. The Hall–Kier alpha value is -9.22. The highest BCUT2D eigenvalue weighted by atomic mass is 32.1. The zero-order valence-corrected chi connectivity index (χ0v) is 39.9. The lowest BCUT2D eigenvalue weighted by atomic mass is 9.94. The van der Waals surface area contributed by atoms with Crippen molar-refractivity contribution in [3.8, 4) is 33.4 Å². The minimum Gasteiger partial charge on any atom is -0.454 e. The summed E-state index contributed by atoms with van der Waals surface area (Å²) in [7, 11) is 0. The second kappa shape index (κ2) is 17.3. The van der Waals surface area contributed by atoms with Gasteiger partial charge in [-0.1, -0.05) is 200 Å². The highest BCUT2D eigenvalue weighted by molar-refractivity contribution is 7.27. The van der Waals surface area contributed by atoms with Gasteiger partial charge >= 0.3 is 0 Å². The van der Waals surface area contributed by atoms with Crippen molar-refractivity contribution in [3.63, 3.8) is 0 Å². The summed E-state index contributed by atoms with van der Waals surface area (Å²) in [5.74, 6) is 0. The standard InChI is InChI=1S/C68H44N2OS/c1-4-19-46(20-5-1)52-25-12-15-31-61(52)69(49-23-8-3-9-24-49)51-40-42-59-65(44-51)72-68-58-41-37-48(43-60(58)54-27-10-11-29-56(54)66(59)68)45-35-38-50(39-36-45)70(62-32-16-13-26-53(62)47-21-6-2-7-22-47)63-33-18-30-57-55-28-14-17-34-64(55)71-67(57)63/h1-44H. The highest BCUT2D eigenvalue weighted by Crippen LogP contribution is 2.49. The van der Waals surface area contributed by atoms with Crippen LogP contribution >= 0.6 is 11.3 Å². The van der Waals surface area contributed by atoms with Crippen LogP contribution in [-0.2, 0) is 0 Å². The smallest absolute Gasteiger partial charge is 0.159 e. The van der Waals surface area contributed by atoms with E-state index in [2.05, 4.69) is 271 Å². The van der Waals surface area contributed by atoms with Crippen molar-refractivity contribution in [2.45, 2.75) is 0 Å². The Morgan fingerprint density at radius 3 is 1.54 bits per heavy atom. The molecule has 14 rings (SSSR count). The van der Waals surface area contributed by atoms with Gasteiger partial charge in [-0.15, -0.1) is 11.3 Å². The van der Waals surface area contributed by atoms with Crippen LogP contribution in [0.5, 0.6) is 0 Å². The van der Waals surface area contributed by atoms with Crippen molar-refractivity contribution in [2.75, 3.05) is 9.80 Å². The predicted molar refractivity (Wildman–Crippen MR) is 307 cm³/mol. The zero-order chi connectivity index (χ0) is 47.5. The first-order valence-corrected chi connectivity index (χ1v) is 25.3. The van der Waals surface area contributed by atoms with E-state index in [1.807, 2.05) is 17.4 Å². The lowest BCUT2D eigenvalue weighted by Gasteiger charge is -2.28. The third kappa shape index (κ3) is 6.95. The van der Waals surface area contributed by atoms with Gasteiger partial charge in [0.15, 0.2) is 5.58 Å². The molecule has 0 unspecified atom stereocenters. The Morgan fingerprint density at radius 2 is 0.819 bits per heavy atom. The molecule has 0 N–H and O–H groups in total. The van der Waals surface area contributed by atoms with Gasteiger partial charge in [0.2, 0.25) is 0 Å². The van der Waals surface area contributed by atoms with Gasteiger partial charge < -0.3 is 14.2 Å². The monoisotopic (exact) mass is 936 g/mol. The molecule has 0 fully saturated rings. The number of para-hydroxylation sites is 5. The van der Waals surface area contributed by atoms with Gasteiger partial charge in [-0.2, -0.15) is 0 Å². The van der Waals surface area contributed by atoms with E-state index in [-0.39, 0.29) is 0 Å². The first-order valence-electron chi connectivity index (χ1n) is 24.5. The Kier molecular flexibility index (Phi) is 10.0. The van der Waals surface area contributed by atoms with Gasteiger partial charge in [0.1, 0.15) is 5.58 Å². The fourth-order valence-electron chi connectivity index (χ4n) is 10.9. The Morgan fingerprint density at radius 1 is 0.292 bits per heavy atom. The normalized spacial score (nSPS) is 11.6. The van der Waals surface area contributed by atoms with E-state index < -0.39 is 0 Å². The fourth-order valence-corrected chi connectivity index (χ4v) is 12.2. The Bertz CT molecular complexity index is 4330. The number of hydrogen-bond acceptors (Lipinski definition) is 4. The molecule has 4 heteroatoms. The van der Waals surface area contributed by atoms with Crippen LogP contribution in [0.1, 0.15) is 0 Å². The Balaban J connectivity index is 0.895. The maximum atomic E-state index is 6.70. The van der Waals surface area contributed by atoms with Crippen molar-refractivity contribution in [3.05, 3.63) is 267 Å². The molecule has 0 radical (unpaired) electrons. The molecule has 0 aliphatic heterocycles. The Labute approximate surface area is 421 Å². The summed E-state index contributed by atoms with van der Waals surface area (Å²) in [6.45, 7) is 0. The van der Waals surface area contributed by atoms with Crippen LogP contribution in [0.2, 0.25) is 0 Å². The van der Waals surface area contributed by atoms with Crippen LogP contribution in [-0.4, -0.2) is 0 Å². The van der Waals surface area contributed by atoms with Gasteiger partial charge in [-0.25, -0.2) is 0 Å². The summed E-state index contributed by atoms with van der Waals surface area (Å²) >= 11 is 1.89. The van der Waals surface area contributed by atoms with E-state index in [4.69, 9.17) is 4.42 Å². The summed E-state index contributed by atoms with van der Waals surface area (Å²) in [4.78, 5) is 4.76. The summed E-state index contributed by atoms with van der Waals surface area (Å²) in [5.41, 5.74) is 15.2. The molecule has 3 nitrogen and oxygen atoms in total. The summed E-state index contributed by atoms with van der Waals surface area (Å²) in [6.07, 6.45) is 0. The lowest BCUT2D eigenvalue weighted by molar-refractivity contribution is 0.669. The van der Waals surface area contributed by atoms with Crippen molar-refractivity contribution in [1.29, 1.82) is 0 Å². The van der Waals surface area contributed by atoms with Crippen molar-refractivity contribution >= 4 is 109 Å². The molecule has 2 heterocycles. The molecule has 338 valence electrons. The number of anilines is 6. The molecule has 0 saturated carbocycles. The number of benzene rings is 12. The van der Waals surface area contributed by atoms with Crippen LogP contribution in [0, 0.1) is 0 Å². The summed E-state index contributed by atoms with van der Waals surface area (Å²) < 4.78 is 9.27. The first-order chi connectivity index (χ1) is 35.7. The number of nitrogens with zero attached hydrogens (tertiary/aromatic N) is 2. The van der Waals surface area contributed by atoms with E-state index in [1.54, 1.807) is 0 Å². The average molecular weight is 937 g/mol. The van der Waals surface area contributed by atoms with Gasteiger partial charge in [-0.05, 0) is 105 Å². The number of rotatable bonds is 9. The second-order valence-electron chi connectivity index (χ2n) is 18.4. The SMILES string of the molecule is c1ccc(-c2ccccc2N(c2ccccc2)c2ccc3c(c2)sc2c4ccc(-c5ccc(N(c6ccccc6-c6ccccc6)c6cccc7c6oc6ccccc67)cc5)cc4c4ccccc4c32)cc1. The molecule has 0 aliphatic rings. The topological polar surface area (TPSA) is 19.6 Å². The van der Waals surface area contributed by atoms with E-state index >= 15 is 0 Å². The van der Waals surface area contributed by atoms with E-state index in [0.717, 1.165) is 72.8 Å². The minimum absolute atomic E-state index is 0.859. The predicted octanol–water partition coefficient (Wildman–Crippen LogP) is 20.2. The maximum absolute atomic E-state index is 6.70. The highest BCUT2D eigenvalue weighted by Gasteiger charge is 2.23. The summed E-state index contributed by atoms with van der Waals surface area (Å²) in [5, 5.41) is 9.84. The van der Waals surface area contributed by atoms with E-state index in [0.29, 0.717) is 0 Å². The van der Waals surface area contributed by atoms with Crippen LogP contribution < -0.4 is 9.80 Å². The van der Waals surface area contributed by atoms with E-state index in [1.165, 1.54) is 58.4 Å². The van der Waals surface area contributed by atoms with E-state index in [9.17, 15) is 0 Å². The third-order valence-electron chi connectivity index (χ3n) is 14.2. The molecule has 14 aromatic rings. The number of hydrogen-bond donors (Lipinski definition) is 0. The lowest BCUT2D eigenvalue weighted by Crippen LogP contribution is -2.11. The quantitative estimate of drug-likeness (QED) is 0.134. The van der Waals surface area contributed by atoms with Crippen LogP contribution in [0.25, 0.3) is 97.0 Å². The number of furan rings is 1. The molecular formula is C68H44N2OS. The molecule has 72 heavy (non-hydrogen) atoms. The molecule has 0 atom stereocenters. The molecule has 0 spiro atoms. The van der Waals surface area contributed by atoms with Gasteiger partial charge in [-0.3, -0.25) is 0 Å². The van der Waals surface area contributed by atoms with Gasteiger partial charge in [0.25, 0.3) is 0 Å². The van der Waals surface area contributed by atoms with Gasteiger partial charge in [0, 0.05) is 64.5 Å². The van der Waals surface area contributed by atoms with Crippen LogP contribution in [0.3, 0.4) is 0 Å². The van der Waals surface area contributed by atoms with Crippen molar-refractivity contribution in [2.24, 2.45) is 0 Å². The first kappa shape index (κ1) is 41.7. The molecule has 2 aromatic heterocycles. The van der Waals surface area contributed by atoms with Crippen LogP contribution in [0.15, 0.2) is 271 Å². The van der Waals surface area contributed by atoms with Crippen molar-refractivity contribution < 1.29 is 4.42 Å². The molecular weight excluding hydrogens is 893 g/mol. The zero-order valence-electron chi connectivity index (χ0n) is 39.1. The molecule has 0 saturated heterocycles. The number of thiophene rings is 1. The minimum atomic E-state index is 0.859. The largest absolute Gasteiger partial charge is 0.454 e. The average Bonchev–Trinajstić information content (AvgIpc) is 4.04. The molecule has 0 aliphatic carbocycles. The molecule has 0 amide bonds. The second-order valence-corrected chi connectivity index (χ2v) is 19.4. The summed E-state index contributed by atoms with van der Waals surface area (Å²) in [6, 6.07) is 96.3. The van der Waals surface area contributed by atoms with Crippen LogP contribution in [0.4, 0.5) is 34.1 Å².